The van der Waals surface area contributed by atoms with Crippen LogP contribution in [0.15, 0.2) is 34.9 Å². The van der Waals surface area contributed by atoms with Crippen molar-refractivity contribution in [2.75, 3.05) is 6.54 Å². The van der Waals surface area contributed by atoms with Gasteiger partial charge in [0.15, 0.2) is 0 Å². The maximum Gasteiger partial charge on any atom is 0.238 e. The molecule has 1 aromatic carbocycles. The monoisotopic (exact) mass is 372 g/mol. The lowest BCUT2D eigenvalue weighted by Gasteiger charge is -2.10. The predicted molar refractivity (Wildman–Crippen MR) is 85.4 cm³/mol. The molecular formula is C15H15BrClFN2O. The first-order valence-corrected chi connectivity index (χ1v) is 7.75. The number of nitrogens with one attached hydrogen (secondary N) is 1. The largest absolute Gasteiger partial charge is 0.436 e. The Morgan fingerprint density at radius 1 is 1.38 bits per heavy atom. The van der Waals surface area contributed by atoms with E-state index in [1.165, 1.54) is 18.2 Å². The molecule has 21 heavy (non-hydrogen) atoms. The van der Waals surface area contributed by atoms with Crippen LogP contribution in [0.3, 0.4) is 0 Å². The van der Waals surface area contributed by atoms with Crippen molar-refractivity contribution in [3.05, 3.63) is 51.3 Å². The number of rotatable bonds is 6. The molecule has 2 rings (SSSR count). The second kappa shape index (κ2) is 7.73. The molecule has 0 atom stereocenters. The van der Waals surface area contributed by atoms with Gasteiger partial charge in [-0.1, -0.05) is 18.5 Å². The maximum atomic E-state index is 13.0. The Labute approximate surface area is 136 Å². The first-order valence-electron chi connectivity index (χ1n) is 6.58. The fourth-order valence-electron chi connectivity index (χ4n) is 1.71. The molecular weight excluding hydrogens is 359 g/mol. The highest BCUT2D eigenvalue weighted by molar-refractivity contribution is 9.10. The highest BCUT2D eigenvalue weighted by atomic mass is 79.9. The standard InChI is InChI=1S/C15H15BrClFN2O/c1-2-5-19-8-10-6-13(17)15(20-9-10)21-14-4-3-11(18)7-12(14)16/h3-4,6-7,9,19H,2,5,8H2,1H3. The number of nitrogens with zero attached hydrogens (tertiary/aromatic N) is 1. The van der Waals surface area contributed by atoms with Crippen LogP contribution >= 0.6 is 27.5 Å². The van der Waals surface area contributed by atoms with Gasteiger partial charge in [-0.05, 0) is 58.7 Å². The van der Waals surface area contributed by atoms with Gasteiger partial charge in [-0.25, -0.2) is 9.37 Å². The minimum atomic E-state index is -0.342. The van der Waals surface area contributed by atoms with Crippen molar-refractivity contribution in [1.29, 1.82) is 0 Å². The van der Waals surface area contributed by atoms with Gasteiger partial charge in [0.2, 0.25) is 5.88 Å². The molecule has 1 N–H and O–H groups in total. The van der Waals surface area contributed by atoms with E-state index in [4.69, 9.17) is 16.3 Å². The lowest BCUT2D eigenvalue weighted by Crippen LogP contribution is -2.13. The number of hydrogen-bond acceptors (Lipinski definition) is 3. The van der Waals surface area contributed by atoms with Gasteiger partial charge < -0.3 is 10.1 Å². The highest BCUT2D eigenvalue weighted by Crippen LogP contribution is 2.32. The van der Waals surface area contributed by atoms with Gasteiger partial charge in [-0.3, -0.25) is 0 Å². The summed E-state index contributed by atoms with van der Waals surface area (Å²) in [6.07, 6.45) is 2.78. The molecule has 0 aliphatic rings. The molecule has 6 heteroatoms. The Kier molecular flexibility index (Phi) is 5.96. The minimum Gasteiger partial charge on any atom is -0.436 e. The second-order valence-corrected chi connectivity index (χ2v) is 5.75. The molecule has 0 bridgehead atoms. The van der Waals surface area contributed by atoms with Crippen LogP contribution < -0.4 is 10.1 Å². The van der Waals surface area contributed by atoms with Crippen molar-refractivity contribution in [3.63, 3.8) is 0 Å². The fourth-order valence-corrected chi connectivity index (χ4v) is 2.37. The zero-order valence-corrected chi connectivity index (χ0v) is 13.8. The molecule has 0 amide bonds. The Morgan fingerprint density at radius 2 is 2.19 bits per heavy atom. The van der Waals surface area contributed by atoms with Gasteiger partial charge in [0, 0.05) is 12.7 Å². The Hall–Kier alpha value is -1.17. The van der Waals surface area contributed by atoms with Gasteiger partial charge in [-0.15, -0.1) is 0 Å². The van der Waals surface area contributed by atoms with Gasteiger partial charge in [0.25, 0.3) is 0 Å². The van der Waals surface area contributed by atoms with E-state index >= 15 is 0 Å². The topological polar surface area (TPSA) is 34.2 Å². The van der Waals surface area contributed by atoms with Crippen molar-refractivity contribution in [1.82, 2.24) is 10.3 Å². The van der Waals surface area contributed by atoms with Crippen LogP contribution in [-0.4, -0.2) is 11.5 Å². The summed E-state index contributed by atoms with van der Waals surface area (Å²) in [5, 5.41) is 3.69. The van der Waals surface area contributed by atoms with E-state index in [9.17, 15) is 4.39 Å². The lowest BCUT2D eigenvalue weighted by molar-refractivity contribution is 0.458. The molecule has 0 fully saturated rings. The van der Waals surface area contributed by atoms with Gasteiger partial charge in [0.05, 0.1) is 4.47 Å². The molecule has 2 aromatic rings. The third-order valence-corrected chi connectivity index (χ3v) is 3.61. The smallest absolute Gasteiger partial charge is 0.238 e. The van der Waals surface area contributed by atoms with Gasteiger partial charge in [-0.2, -0.15) is 0 Å². The summed E-state index contributed by atoms with van der Waals surface area (Å²) < 4.78 is 19.1. The Morgan fingerprint density at radius 3 is 2.86 bits per heavy atom. The molecule has 3 nitrogen and oxygen atoms in total. The average Bonchev–Trinajstić information content (AvgIpc) is 2.44. The SMILES string of the molecule is CCCNCc1cnc(Oc2ccc(F)cc2Br)c(Cl)c1. The quantitative estimate of drug-likeness (QED) is 0.729. The molecule has 1 heterocycles. The van der Waals surface area contributed by atoms with Crippen molar-refractivity contribution in [3.8, 4) is 11.6 Å². The summed E-state index contributed by atoms with van der Waals surface area (Å²) in [5.41, 5.74) is 0.985. The fraction of sp³-hybridized carbons (Fsp3) is 0.267. The van der Waals surface area contributed by atoms with Crippen LogP contribution in [0.5, 0.6) is 11.6 Å². The van der Waals surface area contributed by atoms with Crippen molar-refractivity contribution in [2.45, 2.75) is 19.9 Å². The number of ether oxygens (including phenoxy) is 1. The van der Waals surface area contributed by atoms with Gasteiger partial charge in [0.1, 0.15) is 16.6 Å². The number of benzene rings is 1. The normalized spacial score (nSPS) is 10.7. The maximum absolute atomic E-state index is 13.0. The van der Waals surface area contributed by atoms with Crippen molar-refractivity contribution < 1.29 is 9.13 Å². The van der Waals surface area contributed by atoms with Crippen LogP contribution in [0.2, 0.25) is 5.02 Å². The van der Waals surface area contributed by atoms with E-state index in [0.29, 0.717) is 27.7 Å². The zero-order valence-electron chi connectivity index (χ0n) is 11.5. The van der Waals surface area contributed by atoms with E-state index < -0.39 is 0 Å². The summed E-state index contributed by atoms with van der Waals surface area (Å²) in [4.78, 5) is 4.21. The Balaban J connectivity index is 2.10. The third kappa shape index (κ3) is 4.66. The third-order valence-electron chi connectivity index (χ3n) is 2.72. The Bertz CT molecular complexity index is 625. The van der Waals surface area contributed by atoms with Crippen LogP contribution in [-0.2, 0) is 6.54 Å². The molecule has 0 aliphatic heterocycles. The lowest BCUT2D eigenvalue weighted by atomic mass is 10.3. The first kappa shape index (κ1) is 16.2. The molecule has 0 saturated carbocycles. The van der Waals surface area contributed by atoms with Crippen LogP contribution in [0.25, 0.3) is 0 Å². The summed E-state index contributed by atoms with van der Waals surface area (Å²) in [6, 6.07) is 5.97. The number of halogens is 3. The van der Waals surface area contributed by atoms with Crippen LogP contribution in [0.1, 0.15) is 18.9 Å². The zero-order chi connectivity index (χ0) is 15.2. The van der Waals surface area contributed by atoms with E-state index in [1.807, 2.05) is 6.07 Å². The van der Waals surface area contributed by atoms with Crippen molar-refractivity contribution in [2.24, 2.45) is 0 Å². The van der Waals surface area contributed by atoms with E-state index in [0.717, 1.165) is 18.5 Å². The molecule has 0 spiro atoms. The minimum absolute atomic E-state index is 0.295. The van der Waals surface area contributed by atoms with Crippen LogP contribution in [0, 0.1) is 5.82 Å². The second-order valence-electron chi connectivity index (χ2n) is 4.48. The summed E-state index contributed by atoms with van der Waals surface area (Å²) >= 11 is 9.41. The number of hydrogen-bond donors (Lipinski definition) is 1. The van der Waals surface area contributed by atoms with Crippen molar-refractivity contribution >= 4 is 27.5 Å². The average molecular weight is 374 g/mol. The molecule has 112 valence electrons. The van der Waals surface area contributed by atoms with E-state index in [2.05, 4.69) is 33.2 Å². The number of aromatic nitrogens is 1. The molecule has 1 aromatic heterocycles. The van der Waals surface area contributed by atoms with E-state index in [-0.39, 0.29) is 5.82 Å². The molecule has 0 saturated heterocycles. The summed E-state index contributed by atoms with van der Waals surface area (Å²) in [6.45, 7) is 3.76. The van der Waals surface area contributed by atoms with Gasteiger partial charge >= 0.3 is 0 Å². The molecule has 0 radical (unpaired) electrons. The summed E-state index contributed by atoms with van der Waals surface area (Å²) in [5.74, 6) is 0.413. The molecule has 0 unspecified atom stereocenters. The number of pyridine rings is 1. The predicted octanol–water partition coefficient (Wildman–Crippen LogP) is 4.93. The van der Waals surface area contributed by atoms with Crippen LogP contribution in [0.4, 0.5) is 4.39 Å². The summed E-state index contributed by atoms with van der Waals surface area (Å²) in [7, 11) is 0. The molecule has 0 aliphatic carbocycles. The highest BCUT2D eigenvalue weighted by Gasteiger charge is 2.09. The first-order chi connectivity index (χ1) is 10.1. The van der Waals surface area contributed by atoms with E-state index in [1.54, 1.807) is 6.20 Å².